The van der Waals surface area contributed by atoms with Crippen molar-refractivity contribution in [1.29, 1.82) is 0 Å². The third-order valence-corrected chi connectivity index (χ3v) is 6.99. The molecule has 0 saturated carbocycles. The summed E-state index contributed by atoms with van der Waals surface area (Å²) in [4.78, 5) is 3.76. The Morgan fingerprint density at radius 1 is 1.08 bits per heavy atom. The average Bonchev–Trinajstić information content (AvgIpc) is 3.00. The Balaban J connectivity index is 1.67. The molecule has 0 aliphatic carbocycles. The van der Waals surface area contributed by atoms with Crippen molar-refractivity contribution in [3.8, 4) is 0 Å². The van der Waals surface area contributed by atoms with Gasteiger partial charge in [-0.2, -0.15) is 0 Å². The third kappa shape index (κ3) is 3.42. The smallest absolute Gasteiger partial charge is 0.242 e. The summed E-state index contributed by atoms with van der Waals surface area (Å²) in [6.07, 6.45) is 3.35. The van der Waals surface area contributed by atoms with Crippen molar-refractivity contribution in [3.63, 3.8) is 0 Å². The van der Waals surface area contributed by atoms with E-state index in [1.807, 2.05) is 12.1 Å². The zero-order chi connectivity index (χ0) is 17.2. The van der Waals surface area contributed by atoms with Crippen LogP contribution in [0.15, 0.2) is 53.7 Å². The molecular formula is C15H17N3O4S2. The molecule has 1 aromatic carbocycles. The van der Waals surface area contributed by atoms with Gasteiger partial charge in [0.05, 0.1) is 11.4 Å². The molecule has 0 spiro atoms. The van der Waals surface area contributed by atoms with E-state index in [4.69, 9.17) is 0 Å². The quantitative estimate of drug-likeness (QED) is 0.813. The lowest BCUT2D eigenvalue weighted by Gasteiger charge is -2.19. The first-order valence-electron chi connectivity index (χ1n) is 7.38. The molecule has 0 fully saturated rings. The Hall–Kier alpha value is -1.97. The number of nitrogens with one attached hydrogen (secondary N) is 1. The number of pyridine rings is 1. The fourth-order valence-electron chi connectivity index (χ4n) is 2.60. The number of aromatic nitrogens is 1. The van der Waals surface area contributed by atoms with Crippen LogP contribution in [0.1, 0.15) is 5.56 Å². The zero-order valence-corrected chi connectivity index (χ0v) is 14.4. The van der Waals surface area contributed by atoms with Crippen LogP contribution in [0, 0.1) is 0 Å². The summed E-state index contributed by atoms with van der Waals surface area (Å²) >= 11 is 0. The van der Waals surface area contributed by atoms with Gasteiger partial charge in [-0.3, -0.25) is 9.29 Å². The number of benzene rings is 1. The molecule has 0 atom stereocenters. The number of para-hydroxylation sites is 1. The summed E-state index contributed by atoms with van der Waals surface area (Å²) in [5, 5.41) is 0. The van der Waals surface area contributed by atoms with E-state index in [0.29, 0.717) is 18.7 Å². The molecule has 1 N–H and O–H groups in total. The van der Waals surface area contributed by atoms with E-state index in [9.17, 15) is 16.8 Å². The summed E-state index contributed by atoms with van der Waals surface area (Å²) < 4.78 is 52.8. The lowest BCUT2D eigenvalue weighted by atomic mass is 10.2. The minimum Gasteiger partial charge on any atom is -0.270 e. The van der Waals surface area contributed by atoms with Gasteiger partial charge in [0, 0.05) is 25.5 Å². The molecule has 0 bridgehead atoms. The van der Waals surface area contributed by atoms with Gasteiger partial charge < -0.3 is 0 Å². The van der Waals surface area contributed by atoms with Crippen molar-refractivity contribution in [1.82, 2.24) is 9.71 Å². The maximum Gasteiger partial charge on any atom is 0.242 e. The van der Waals surface area contributed by atoms with Gasteiger partial charge in [-0.25, -0.2) is 21.6 Å². The molecular weight excluding hydrogens is 350 g/mol. The van der Waals surface area contributed by atoms with Crippen LogP contribution in [-0.2, 0) is 26.5 Å². The van der Waals surface area contributed by atoms with Crippen LogP contribution >= 0.6 is 0 Å². The number of nitrogens with zero attached hydrogens (tertiary/aromatic N) is 2. The summed E-state index contributed by atoms with van der Waals surface area (Å²) in [7, 11) is -7.35. The lowest BCUT2D eigenvalue weighted by molar-refractivity contribution is 0.579. The number of rotatable bonds is 6. The first-order valence-corrected chi connectivity index (χ1v) is 10.5. The topological polar surface area (TPSA) is 96.4 Å². The molecule has 24 heavy (non-hydrogen) atoms. The second-order valence-electron chi connectivity index (χ2n) is 5.35. The van der Waals surface area contributed by atoms with Gasteiger partial charge in [0.1, 0.15) is 4.90 Å². The second-order valence-corrected chi connectivity index (χ2v) is 9.13. The van der Waals surface area contributed by atoms with Crippen LogP contribution in [0.4, 0.5) is 5.69 Å². The normalized spacial score (nSPS) is 14.6. The molecule has 1 aliphatic rings. The first kappa shape index (κ1) is 16.9. The largest absolute Gasteiger partial charge is 0.270 e. The van der Waals surface area contributed by atoms with E-state index in [-0.39, 0.29) is 17.2 Å². The van der Waals surface area contributed by atoms with Crippen LogP contribution in [0.5, 0.6) is 0 Å². The van der Waals surface area contributed by atoms with Gasteiger partial charge in [-0.1, -0.05) is 18.2 Å². The highest BCUT2D eigenvalue weighted by Gasteiger charge is 2.29. The Kier molecular flexibility index (Phi) is 4.57. The summed E-state index contributed by atoms with van der Waals surface area (Å²) in [6, 6.07) is 10.2. The first-order chi connectivity index (χ1) is 11.4. The Morgan fingerprint density at radius 3 is 2.62 bits per heavy atom. The van der Waals surface area contributed by atoms with Crippen molar-refractivity contribution in [2.45, 2.75) is 11.3 Å². The fraction of sp³-hybridized carbons (Fsp3) is 0.267. The molecule has 9 heteroatoms. The lowest BCUT2D eigenvalue weighted by Crippen LogP contribution is -2.37. The number of anilines is 1. The molecule has 7 nitrogen and oxygen atoms in total. The predicted octanol–water partition coefficient (Wildman–Crippen LogP) is 0.752. The second kappa shape index (κ2) is 6.50. The summed E-state index contributed by atoms with van der Waals surface area (Å²) in [5.41, 5.74) is 1.66. The molecule has 1 aliphatic heterocycles. The van der Waals surface area contributed by atoms with E-state index >= 15 is 0 Å². The molecule has 3 rings (SSSR count). The standard InChI is InChI=1S/C15H17N3O4S2/c19-23(20,18-10-7-13-4-1-2-6-15(13)18)11-9-17-24(21,22)14-5-3-8-16-12-14/h1-6,8,12,17H,7,9-11H2. The van der Waals surface area contributed by atoms with Crippen molar-refractivity contribution in [2.24, 2.45) is 0 Å². The van der Waals surface area contributed by atoms with Gasteiger partial charge in [0.2, 0.25) is 20.0 Å². The molecule has 0 radical (unpaired) electrons. The molecule has 0 unspecified atom stereocenters. The monoisotopic (exact) mass is 367 g/mol. The van der Waals surface area contributed by atoms with Gasteiger partial charge in [0.25, 0.3) is 0 Å². The molecule has 0 amide bonds. The molecule has 2 heterocycles. The maximum atomic E-state index is 12.5. The number of hydrogen-bond acceptors (Lipinski definition) is 5. The Bertz CT molecular complexity index is 928. The van der Waals surface area contributed by atoms with E-state index < -0.39 is 20.0 Å². The van der Waals surface area contributed by atoms with E-state index in [2.05, 4.69) is 9.71 Å². The Morgan fingerprint density at radius 2 is 1.88 bits per heavy atom. The van der Waals surface area contributed by atoms with Gasteiger partial charge in [0.15, 0.2) is 0 Å². The summed E-state index contributed by atoms with van der Waals surface area (Å²) in [5.74, 6) is -0.305. The van der Waals surface area contributed by atoms with Crippen molar-refractivity contribution in [2.75, 3.05) is 23.1 Å². The summed E-state index contributed by atoms with van der Waals surface area (Å²) in [6.45, 7) is 0.190. The number of hydrogen-bond donors (Lipinski definition) is 1. The SMILES string of the molecule is O=S(=O)(NCCS(=O)(=O)N1CCc2ccccc21)c1cccnc1. The molecule has 1 aromatic heterocycles. The highest BCUT2D eigenvalue weighted by Crippen LogP contribution is 2.29. The van der Waals surface area contributed by atoms with Crippen LogP contribution in [0.3, 0.4) is 0 Å². The molecule has 2 aromatic rings. The van der Waals surface area contributed by atoms with Crippen LogP contribution in [0.25, 0.3) is 0 Å². The van der Waals surface area contributed by atoms with E-state index in [1.165, 1.54) is 28.8 Å². The van der Waals surface area contributed by atoms with Crippen LogP contribution < -0.4 is 9.03 Å². The van der Waals surface area contributed by atoms with Gasteiger partial charge >= 0.3 is 0 Å². The number of sulfonamides is 2. The molecule has 0 saturated heterocycles. The predicted molar refractivity (Wildman–Crippen MR) is 90.7 cm³/mol. The van der Waals surface area contributed by atoms with Crippen LogP contribution in [0.2, 0.25) is 0 Å². The van der Waals surface area contributed by atoms with E-state index in [0.717, 1.165) is 5.56 Å². The fourth-order valence-corrected chi connectivity index (χ4v) is 5.15. The minimum atomic E-state index is -3.76. The van der Waals surface area contributed by atoms with Crippen molar-refractivity contribution < 1.29 is 16.8 Å². The highest BCUT2D eigenvalue weighted by atomic mass is 32.2. The minimum absolute atomic E-state index is 0.00826. The average molecular weight is 367 g/mol. The highest BCUT2D eigenvalue weighted by molar-refractivity contribution is 7.93. The third-order valence-electron chi connectivity index (χ3n) is 3.78. The van der Waals surface area contributed by atoms with Gasteiger partial charge in [-0.05, 0) is 30.2 Å². The van der Waals surface area contributed by atoms with Crippen molar-refractivity contribution >= 4 is 25.7 Å². The van der Waals surface area contributed by atoms with E-state index in [1.54, 1.807) is 12.1 Å². The number of fused-ring (bicyclic) bond motifs is 1. The molecule has 128 valence electrons. The maximum absolute atomic E-state index is 12.5. The van der Waals surface area contributed by atoms with Crippen molar-refractivity contribution in [3.05, 3.63) is 54.4 Å². The van der Waals surface area contributed by atoms with Crippen LogP contribution in [-0.4, -0.2) is 40.7 Å². The zero-order valence-electron chi connectivity index (χ0n) is 12.8. The Labute approximate surface area is 141 Å². The van der Waals surface area contributed by atoms with Gasteiger partial charge in [-0.15, -0.1) is 0 Å².